The minimum Gasteiger partial charge on any atom is -0.394 e. The van der Waals surface area contributed by atoms with Gasteiger partial charge in [0.25, 0.3) is 0 Å². The summed E-state index contributed by atoms with van der Waals surface area (Å²) in [5.41, 5.74) is 0.792. The number of nitrogens with one attached hydrogen (secondary N) is 1. The maximum Gasteiger partial charge on any atom is 0.242 e. The van der Waals surface area contributed by atoms with Crippen molar-refractivity contribution in [2.45, 2.75) is 10.9 Å². The Balaban J connectivity index is 2.25. The summed E-state index contributed by atoms with van der Waals surface area (Å²) in [6.07, 6.45) is 1.11. The number of rotatable bonds is 5. The number of aliphatic hydroxyl groups is 1. The fraction of sp³-hybridized carbons (Fsp3) is 0.143. The van der Waals surface area contributed by atoms with Crippen molar-refractivity contribution in [2.75, 3.05) is 6.61 Å². The molecule has 0 bridgehead atoms. The minimum atomic E-state index is -3.83. The molecule has 1 aromatic heterocycles. The van der Waals surface area contributed by atoms with Gasteiger partial charge in [-0.2, -0.15) is 5.26 Å². The molecule has 0 aliphatic heterocycles. The number of aromatic nitrogens is 1. The van der Waals surface area contributed by atoms with E-state index in [4.69, 9.17) is 5.26 Å². The first-order valence-corrected chi connectivity index (χ1v) is 7.59. The number of hydrogen-bond donors (Lipinski definition) is 2. The summed E-state index contributed by atoms with van der Waals surface area (Å²) in [6.45, 7) is -0.368. The topological polar surface area (TPSA) is 103 Å². The Morgan fingerprint density at radius 3 is 2.48 bits per heavy atom. The van der Waals surface area contributed by atoms with Crippen LogP contribution in [-0.2, 0) is 10.0 Å². The van der Waals surface area contributed by atoms with Gasteiger partial charge in [-0.05, 0) is 17.7 Å². The van der Waals surface area contributed by atoms with Gasteiger partial charge in [0.15, 0.2) is 0 Å². The van der Waals surface area contributed by atoms with Gasteiger partial charge in [0.05, 0.1) is 12.6 Å². The zero-order chi connectivity index (χ0) is 15.3. The third-order valence-electron chi connectivity index (χ3n) is 2.84. The summed E-state index contributed by atoms with van der Waals surface area (Å²) in [6, 6.07) is 12.5. The average Bonchev–Trinajstić information content (AvgIpc) is 2.53. The second-order valence-electron chi connectivity index (χ2n) is 4.26. The minimum absolute atomic E-state index is 0.0594. The van der Waals surface area contributed by atoms with Gasteiger partial charge in [-0.25, -0.2) is 18.1 Å². The summed E-state index contributed by atoms with van der Waals surface area (Å²) in [4.78, 5) is 3.67. The van der Waals surface area contributed by atoms with E-state index in [1.807, 2.05) is 6.07 Å². The van der Waals surface area contributed by atoms with Crippen molar-refractivity contribution in [1.82, 2.24) is 9.71 Å². The molecule has 21 heavy (non-hydrogen) atoms. The Morgan fingerprint density at radius 2 is 1.95 bits per heavy atom. The van der Waals surface area contributed by atoms with Crippen molar-refractivity contribution in [1.29, 1.82) is 5.26 Å². The summed E-state index contributed by atoms with van der Waals surface area (Å²) < 4.78 is 26.9. The molecule has 0 aliphatic carbocycles. The van der Waals surface area contributed by atoms with E-state index in [1.54, 1.807) is 30.3 Å². The average molecular weight is 303 g/mol. The van der Waals surface area contributed by atoms with Gasteiger partial charge in [0.2, 0.25) is 10.0 Å². The number of benzene rings is 1. The van der Waals surface area contributed by atoms with Crippen molar-refractivity contribution < 1.29 is 13.5 Å². The number of hydrogen-bond acceptors (Lipinski definition) is 5. The van der Waals surface area contributed by atoms with Crippen molar-refractivity contribution in [3.8, 4) is 6.07 Å². The largest absolute Gasteiger partial charge is 0.394 e. The summed E-state index contributed by atoms with van der Waals surface area (Å²) >= 11 is 0. The number of aliphatic hydroxyl groups excluding tert-OH is 1. The lowest BCUT2D eigenvalue weighted by molar-refractivity contribution is 0.259. The van der Waals surface area contributed by atoms with Crippen LogP contribution < -0.4 is 4.72 Å². The van der Waals surface area contributed by atoms with Crippen LogP contribution in [0.25, 0.3) is 0 Å². The summed E-state index contributed by atoms with van der Waals surface area (Å²) in [5, 5.41) is 18.0. The molecular weight excluding hydrogens is 290 g/mol. The van der Waals surface area contributed by atoms with E-state index >= 15 is 0 Å². The highest BCUT2D eigenvalue weighted by molar-refractivity contribution is 7.89. The number of nitrogens with zero attached hydrogens (tertiary/aromatic N) is 2. The highest BCUT2D eigenvalue weighted by atomic mass is 32.2. The summed E-state index contributed by atoms with van der Waals surface area (Å²) in [7, 11) is -3.83. The van der Waals surface area contributed by atoms with E-state index in [0.29, 0.717) is 5.56 Å². The molecule has 2 rings (SSSR count). The van der Waals surface area contributed by atoms with Crippen LogP contribution in [-0.4, -0.2) is 25.1 Å². The zero-order valence-electron chi connectivity index (χ0n) is 11.0. The van der Waals surface area contributed by atoms with Crippen LogP contribution in [0.4, 0.5) is 0 Å². The van der Waals surface area contributed by atoms with E-state index in [0.717, 1.165) is 6.20 Å². The predicted molar refractivity (Wildman–Crippen MR) is 75.5 cm³/mol. The highest BCUT2D eigenvalue weighted by Gasteiger charge is 2.21. The van der Waals surface area contributed by atoms with Gasteiger partial charge < -0.3 is 5.11 Å². The fourth-order valence-corrected chi connectivity index (χ4v) is 2.92. The highest BCUT2D eigenvalue weighted by Crippen LogP contribution is 2.16. The molecule has 7 heteroatoms. The smallest absolute Gasteiger partial charge is 0.242 e. The van der Waals surface area contributed by atoms with Gasteiger partial charge in [0, 0.05) is 6.20 Å². The maximum atomic E-state index is 12.2. The maximum absolute atomic E-state index is 12.2. The lowest BCUT2D eigenvalue weighted by Gasteiger charge is -2.16. The van der Waals surface area contributed by atoms with Crippen LogP contribution in [0.1, 0.15) is 17.3 Å². The van der Waals surface area contributed by atoms with E-state index in [-0.39, 0.29) is 17.2 Å². The number of sulfonamides is 1. The van der Waals surface area contributed by atoms with Crippen LogP contribution in [0.3, 0.4) is 0 Å². The quantitative estimate of drug-likeness (QED) is 0.856. The summed E-state index contributed by atoms with van der Waals surface area (Å²) in [5.74, 6) is 0. The molecule has 0 spiro atoms. The Labute approximate surface area is 122 Å². The molecule has 2 aromatic rings. The van der Waals surface area contributed by atoms with Gasteiger partial charge in [-0.15, -0.1) is 0 Å². The second-order valence-corrected chi connectivity index (χ2v) is 5.97. The molecule has 108 valence electrons. The Kier molecular flexibility index (Phi) is 4.65. The van der Waals surface area contributed by atoms with E-state index < -0.39 is 16.1 Å². The standard InChI is InChI=1S/C14H13N3O3S/c15-8-12-6-7-13(9-16-12)21(19,20)17-14(10-18)11-4-2-1-3-5-11/h1-7,9,14,17-18H,10H2/t14-/m1/s1. The van der Waals surface area contributed by atoms with Crippen LogP contribution >= 0.6 is 0 Å². The van der Waals surface area contributed by atoms with E-state index in [2.05, 4.69) is 9.71 Å². The van der Waals surface area contributed by atoms with Crippen LogP contribution in [0.15, 0.2) is 53.6 Å². The van der Waals surface area contributed by atoms with Gasteiger partial charge >= 0.3 is 0 Å². The van der Waals surface area contributed by atoms with Gasteiger partial charge in [0.1, 0.15) is 16.7 Å². The Hall–Kier alpha value is -2.27. The Bertz CT molecular complexity index is 737. The SMILES string of the molecule is N#Cc1ccc(S(=O)(=O)N[C@H](CO)c2ccccc2)cn1. The molecule has 0 unspecified atom stereocenters. The van der Waals surface area contributed by atoms with Crippen LogP contribution in [0.2, 0.25) is 0 Å². The number of pyridine rings is 1. The molecule has 0 fully saturated rings. The molecule has 1 aromatic carbocycles. The lowest BCUT2D eigenvalue weighted by Crippen LogP contribution is -2.31. The molecule has 1 atom stereocenters. The molecule has 0 saturated carbocycles. The number of nitriles is 1. The molecule has 0 saturated heterocycles. The third kappa shape index (κ3) is 3.64. The lowest BCUT2D eigenvalue weighted by atomic mass is 10.1. The first-order valence-electron chi connectivity index (χ1n) is 6.11. The monoisotopic (exact) mass is 303 g/mol. The van der Waals surface area contributed by atoms with Crippen LogP contribution in [0, 0.1) is 11.3 Å². The van der Waals surface area contributed by atoms with Crippen LogP contribution in [0.5, 0.6) is 0 Å². The molecule has 0 radical (unpaired) electrons. The second kappa shape index (κ2) is 6.45. The third-order valence-corrected chi connectivity index (χ3v) is 4.30. The van der Waals surface area contributed by atoms with Crippen molar-refractivity contribution in [3.05, 3.63) is 59.9 Å². The molecule has 6 nitrogen and oxygen atoms in total. The normalized spacial score (nSPS) is 12.6. The van der Waals surface area contributed by atoms with E-state index in [9.17, 15) is 13.5 Å². The molecule has 0 aliphatic rings. The Morgan fingerprint density at radius 1 is 1.24 bits per heavy atom. The van der Waals surface area contributed by atoms with Gasteiger partial charge in [-0.3, -0.25) is 0 Å². The van der Waals surface area contributed by atoms with Gasteiger partial charge in [-0.1, -0.05) is 30.3 Å². The first kappa shape index (κ1) is 15.1. The molecular formula is C14H13N3O3S. The molecule has 0 amide bonds. The molecule has 2 N–H and O–H groups in total. The van der Waals surface area contributed by atoms with E-state index in [1.165, 1.54) is 12.1 Å². The first-order chi connectivity index (χ1) is 10.1. The zero-order valence-corrected chi connectivity index (χ0v) is 11.8. The predicted octanol–water partition coefficient (Wildman–Crippen LogP) is 0.965. The van der Waals surface area contributed by atoms with Crippen molar-refractivity contribution >= 4 is 10.0 Å². The van der Waals surface area contributed by atoms with Crippen molar-refractivity contribution in [2.24, 2.45) is 0 Å². The van der Waals surface area contributed by atoms with Crippen molar-refractivity contribution in [3.63, 3.8) is 0 Å². The fourth-order valence-electron chi connectivity index (χ4n) is 1.76. The molecule has 1 heterocycles.